The number of carboxylic acid groups (broad SMARTS) is 1. The maximum Gasteiger partial charge on any atom is 0.341 e. The minimum absolute atomic E-state index is 0.000445. The molecule has 0 aliphatic heterocycles. The van der Waals surface area contributed by atoms with Crippen molar-refractivity contribution >= 4 is 11.9 Å². The van der Waals surface area contributed by atoms with Gasteiger partial charge in [-0.3, -0.25) is 4.79 Å². The Morgan fingerprint density at radius 2 is 1.89 bits per heavy atom. The van der Waals surface area contributed by atoms with Gasteiger partial charge in [-0.25, -0.2) is 4.79 Å². The summed E-state index contributed by atoms with van der Waals surface area (Å²) in [6.07, 6.45) is 0.830. The van der Waals surface area contributed by atoms with Crippen LogP contribution in [-0.2, 0) is 10.2 Å². The number of hydrogen-bond acceptors (Lipinski definition) is 4. The molecule has 0 saturated carbocycles. The van der Waals surface area contributed by atoms with Crippen molar-refractivity contribution < 1.29 is 24.2 Å². The van der Waals surface area contributed by atoms with Crippen LogP contribution in [0.4, 0.5) is 0 Å². The fourth-order valence-electron chi connectivity index (χ4n) is 3.69. The molecule has 6 heteroatoms. The molecule has 2 N–H and O–H groups in total. The SMILES string of the molecule is CCOc1cc(C(=O)NC2CC(C)(C)c3ccccc32)ccc1OCC(=O)O. The monoisotopic (exact) mass is 383 g/mol. The van der Waals surface area contributed by atoms with E-state index in [0.29, 0.717) is 23.7 Å². The Labute approximate surface area is 164 Å². The lowest BCUT2D eigenvalue weighted by Crippen LogP contribution is -2.28. The lowest BCUT2D eigenvalue weighted by molar-refractivity contribution is -0.139. The van der Waals surface area contributed by atoms with Crippen LogP contribution in [0.1, 0.15) is 54.7 Å². The van der Waals surface area contributed by atoms with Crippen molar-refractivity contribution in [3.63, 3.8) is 0 Å². The van der Waals surface area contributed by atoms with Crippen LogP contribution in [0, 0.1) is 0 Å². The molecule has 0 aromatic heterocycles. The second-order valence-electron chi connectivity index (χ2n) is 7.48. The van der Waals surface area contributed by atoms with Gasteiger partial charge in [-0.1, -0.05) is 38.1 Å². The number of nitrogens with one attached hydrogen (secondary N) is 1. The van der Waals surface area contributed by atoms with E-state index in [1.54, 1.807) is 18.2 Å². The molecule has 0 spiro atoms. The number of amides is 1. The number of benzene rings is 2. The van der Waals surface area contributed by atoms with Crippen LogP contribution in [-0.4, -0.2) is 30.2 Å². The highest BCUT2D eigenvalue weighted by atomic mass is 16.5. The number of rotatable bonds is 7. The fraction of sp³-hybridized carbons (Fsp3) is 0.364. The second-order valence-corrected chi connectivity index (χ2v) is 7.48. The van der Waals surface area contributed by atoms with Crippen molar-refractivity contribution in [1.82, 2.24) is 5.32 Å². The maximum absolute atomic E-state index is 12.9. The Kier molecular flexibility index (Phi) is 5.58. The van der Waals surface area contributed by atoms with Gasteiger partial charge in [0.1, 0.15) is 0 Å². The first-order valence-electron chi connectivity index (χ1n) is 9.33. The minimum atomic E-state index is -1.08. The first-order valence-corrected chi connectivity index (χ1v) is 9.33. The molecule has 2 aromatic rings. The van der Waals surface area contributed by atoms with Crippen LogP contribution in [0.25, 0.3) is 0 Å². The normalized spacial score (nSPS) is 16.9. The third-order valence-electron chi connectivity index (χ3n) is 4.94. The van der Waals surface area contributed by atoms with Gasteiger partial charge in [-0.2, -0.15) is 0 Å². The smallest absolute Gasteiger partial charge is 0.341 e. The molecule has 0 fully saturated rings. The van der Waals surface area contributed by atoms with Crippen LogP contribution in [0.3, 0.4) is 0 Å². The van der Waals surface area contributed by atoms with Gasteiger partial charge in [-0.15, -0.1) is 0 Å². The molecule has 1 atom stereocenters. The summed E-state index contributed by atoms with van der Waals surface area (Å²) in [4.78, 5) is 23.6. The average Bonchev–Trinajstić information content (AvgIpc) is 2.91. The standard InChI is InChI=1S/C22H25NO5/c1-4-27-19-11-14(9-10-18(19)28-13-20(24)25)21(26)23-17-12-22(2,3)16-8-6-5-7-15(16)17/h5-11,17H,4,12-13H2,1-3H3,(H,23,26)(H,24,25). The Hall–Kier alpha value is -3.02. The van der Waals surface area contributed by atoms with Crippen molar-refractivity contribution in [2.24, 2.45) is 0 Å². The van der Waals surface area contributed by atoms with E-state index in [-0.39, 0.29) is 17.4 Å². The number of carbonyl (C=O) groups is 2. The lowest BCUT2D eigenvalue weighted by atomic mass is 9.86. The van der Waals surface area contributed by atoms with Crippen molar-refractivity contribution in [2.75, 3.05) is 13.2 Å². The Morgan fingerprint density at radius 3 is 2.61 bits per heavy atom. The number of ether oxygens (including phenoxy) is 2. The van der Waals surface area contributed by atoms with Crippen molar-refractivity contribution in [3.05, 3.63) is 59.2 Å². The molecule has 28 heavy (non-hydrogen) atoms. The third-order valence-corrected chi connectivity index (χ3v) is 4.94. The summed E-state index contributed by atoms with van der Waals surface area (Å²) in [6.45, 7) is 6.07. The Bertz CT molecular complexity index is 890. The van der Waals surface area contributed by atoms with Crippen molar-refractivity contribution in [1.29, 1.82) is 0 Å². The van der Waals surface area contributed by atoms with E-state index in [4.69, 9.17) is 14.6 Å². The topological polar surface area (TPSA) is 84.9 Å². The summed E-state index contributed by atoms with van der Waals surface area (Å²) >= 11 is 0. The second kappa shape index (κ2) is 7.92. The zero-order valence-electron chi connectivity index (χ0n) is 16.3. The highest BCUT2D eigenvalue weighted by Gasteiger charge is 2.37. The summed E-state index contributed by atoms with van der Waals surface area (Å²) in [5, 5.41) is 11.9. The molecule has 1 aliphatic rings. The highest BCUT2D eigenvalue weighted by molar-refractivity contribution is 5.95. The van der Waals surface area contributed by atoms with Gasteiger partial charge in [0, 0.05) is 5.56 Å². The predicted molar refractivity (Wildman–Crippen MR) is 105 cm³/mol. The van der Waals surface area contributed by atoms with Crippen LogP contribution in [0.15, 0.2) is 42.5 Å². The molecule has 148 valence electrons. The fourth-order valence-corrected chi connectivity index (χ4v) is 3.69. The zero-order chi connectivity index (χ0) is 20.3. The molecule has 1 unspecified atom stereocenters. The summed E-state index contributed by atoms with van der Waals surface area (Å²) < 4.78 is 10.8. The van der Waals surface area contributed by atoms with E-state index in [1.165, 1.54) is 5.56 Å². The first-order chi connectivity index (χ1) is 13.3. The summed E-state index contributed by atoms with van der Waals surface area (Å²) in [5.74, 6) is -0.633. The van der Waals surface area contributed by atoms with E-state index in [2.05, 4.69) is 31.3 Å². The van der Waals surface area contributed by atoms with Crippen LogP contribution in [0.2, 0.25) is 0 Å². The largest absolute Gasteiger partial charge is 0.490 e. The molecule has 0 heterocycles. The molecule has 6 nitrogen and oxygen atoms in total. The maximum atomic E-state index is 12.9. The Morgan fingerprint density at radius 1 is 1.14 bits per heavy atom. The molecule has 1 amide bonds. The van der Waals surface area contributed by atoms with E-state index >= 15 is 0 Å². The summed E-state index contributed by atoms with van der Waals surface area (Å²) in [5.41, 5.74) is 2.84. The number of hydrogen-bond donors (Lipinski definition) is 2. The van der Waals surface area contributed by atoms with Gasteiger partial charge in [0.05, 0.1) is 12.6 Å². The lowest BCUT2D eigenvalue weighted by Gasteiger charge is -2.19. The molecule has 0 radical (unpaired) electrons. The van der Waals surface area contributed by atoms with E-state index in [0.717, 1.165) is 12.0 Å². The number of aliphatic carboxylic acids is 1. The molecule has 1 aliphatic carbocycles. The Balaban J connectivity index is 1.79. The van der Waals surface area contributed by atoms with Crippen molar-refractivity contribution in [3.8, 4) is 11.5 Å². The van der Waals surface area contributed by atoms with Crippen LogP contribution >= 0.6 is 0 Å². The average molecular weight is 383 g/mol. The molecule has 2 aromatic carbocycles. The molecular weight excluding hydrogens is 358 g/mol. The number of carboxylic acids is 1. The van der Waals surface area contributed by atoms with Gasteiger partial charge in [0.25, 0.3) is 5.91 Å². The summed E-state index contributed by atoms with van der Waals surface area (Å²) in [6, 6.07) is 12.9. The molecule has 0 bridgehead atoms. The van der Waals surface area contributed by atoms with Gasteiger partial charge in [0.15, 0.2) is 18.1 Å². The van der Waals surface area contributed by atoms with Crippen molar-refractivity contribution in [2.45, 2.75) is 38.6 Å². The molecular formula is C22H25NO5. The quantitative estimate of drug-likeness (QED) is 0.761. The van der Waals surface area contributed by atoms with E-state index in [1.807, 2.05) is 19.1 Å². The van der Waals surface area contributed by atoms with E-state index < -0.39 is 12.6 Å². The number of fused-ring (bicyclic) bond motifs is 1. The first kappa shape index (κ1) is 19.7. The third kappa shape index (κ3) is 4.11. The summed E-state index contributed by atoms with van der Waals surface area (Å²) in [7, 11) is 0. The number of carbonyl (C=O) groups excluding carboxylic acids is 1. The minimum Gasteiger partial charge on any atom is -0.490 e. The highest BCUT2D eigenvalue weighted by Crippen LogP contribution is 2.44. The molecule has 0 saturated heterocycles. The van der Waals surface area contributed by atoms with Gasteiger partial charge >= 0.3 is 5.97 Å². The zero-order valence-corrected chi connectivity index (χ0v) is 16.3. The van der Waals surface area contributed by atoms with Crippen LogP contribution in [0.5, 0.6) is 11.5 Å². The molecule has 3 rings (SSSR count). The van der Waals surface area contributed by atoms with Crippen LogP contribution < -0.4 is 14.8 Å². The predicted octanol–water partition coefficient (Wildman–Crippen LogP) is 3.70. The van der Waals surface area contributed by atoms with E-state index in [9.17, 15) is 9.59 Å². The van der Waals surface area contributed by atoms with Gasteiger partial charge in [-0.05, 0) is 48.1 Å². The van der Waals surface area contributed by atoms with Gasteiger partial charge in [0.2, 0.25) is 0 Å². The van der Waals surface area contributed by atoms with Gasteiger partial charge < -0.3 is 19.9 Å².